The molecule has 5 heterocycles. The molecule has 0 radical (unpaired) electrons. The first-order chi connectivity index (χ1) is 12.2. The van der Waals surface area contributed by atoms with Gasteiger partial charge in [-0.25, -0.2) is 9.57 Å². The number of rotatable bonds is 2. The van der Waals surface area contributed by atoms with Gasteiger partial charge in [-0.1, -0.05) is 6.07 Å². The Balaban J connectivity index is 1.57. The summed E-state index contributed by atoms with van der Waals surface area (Å²) in [5.74, 6) is 1.09. The van der Waals surface area contributed by atoms with E-state index in [1.165, 1.54) is 21.9 Å². The SMILES string of the molecule is CNC1CN(C2=NC=C(c3cccs3)CC3C4C2=NC(C)C(C)=[N+]34)C1. The van der Waals surface area contributed by atoms with Gasteiger partial charge in [-0.2, -0.15) is 0 Å². The number of amidine groups is 1. The normalized spacial score (nSPS) is 31.4. The van der Waals surface area contributed by atoms with E-state index in [0.717, 1.165) is 25.3 Å². The summed E-state index contributed by atoms with van der Waals surface area (Å²) in [7, 11) is 2.04. The number of nitrogens with zero attached hydrogens (tertiary/aromatic N) is 4. The Labute approximate surface area is 152 Å². The molecule has 0 aliphatic carbocycles. The van der Waals surface area contributed by atoms with Gasteiger partial charge in [0.15, 0.2) is 17.3 Å². The van der Waals surface area contributed by atoms with Crippen LogP contribution in [0.15, 0.2) is 33.7 Å². The molecule has 3 unspecified atom stereocenters. The minimum absolute atomic E-state index is 0.256. The molecule has 1 aromatic rings. The minimum Gasteiger partial charge on any atom is -0.352 e. The Hall–Kier alpha value is -1.79. The van der Waals surface area contributed by atoms with Crippen molar-refractivity contribution in [2.24, 2.45) is 9.98 Å². The van der Waals surface area contributed by atoms with Crippen molar-refractivity contribution in [2.45, 2.75) is 44.4 Å². The highest BCUT2D eigenvalue weighted by Gasteiger charge is 2.63. The van der Waals surface area contributed by atoms with Gasteiger partial charge >= 0.3 is 0 Å². The van der Waals surface area contributed by atoms with Crippen molar-refractivity contribution in [3.63, 3.8) is 0 Å². The number of nitrogens with one attached hydrogen (secondary N) is 1. The maximum absolute atomic E-state index is 5.05. The number of aliphatic imine (C=N–C) groups is 2. The Morgan fingerprint density at radius 1 is 1.36 bits per heavy atom. The van der Waals surface area contributed by atoms with Crippen LogP contribution in [0.1, 0.15) is 25.1 Å². The lowest BCUT2D eigenvalue weighted by Crippen LogP contribution is -2.61. The molecule has 0 aromatic carbocycles. The zero-order valence-corrected chi connectivity index (χ0v) is 15.8. The maximum atomic E-state index is 5.05. The molecule has 1 aromatic heterocycles. The number of likely N-dealkylation sites (N-methyl/N-ethyl adjacent to an activating group) is 1. The number of fused-ring (bicyclic) bond motifs is 1. The Bertz CT molecular complexity index is 826. The number of thiophene rings is 1. The van der Waals surface area contributed by atoms with Gasteiger partial charge in [0, 0.05) is 43.6 Å². The zero-order chi connectivity index (χ0) is 17.1. The molecule has 2 saturated heterocycles. The van der Waals surface area contributed by atoms with Crippen LogP contribution < -0.4 is 5.32 Å². The van der Waals surface area contributed by atoms with Crippen LogP contribution in [0.3, 0.4) is 0 Å². The number of hydrogen-bond acceptors (Lipinski definition) is 5. The summed E-state index contributed by atoms with van der Waals surface area (Å²) < 4.78 is 2.57. The van der Waals surface area contributed by atoms with Crippen LogP contribution in [0.2, 0.25) is 0 Å². The van der Waals surface area contributed by atoms with Gasteiger partial charge in [-0.05, 0) is 31.0 Å². The Kier molecular flexibility index (Phi) is 3.47. The van der Waals surface area contributed by atoms with Crippen molar-refractivity contribution < 1.29 is 4.58 Å². The van der Waals surface area contributed by atoms with E-state index in [4.69, 9.17) is 9.98 Å². The van der Waals surface area contributed by atoms with Crippen LogP contribution in [-0.2, 0) is 0 Å². The van der Waals surface area contributed by atoms with E-state index in [2.05, 4.69) is 52.4 Å². The molecule has 25 heavy (non-hydrogen) atoms. The van der Waals surface area contributed by atoms with Crippen molar-refractivity contribution in [1.29, 1.82) is 0 Å². The zero-order valence-electron chi connectivity index (χ0n) is 14.9. The molecule has 0 amide bonds. The first-order valence-corrected chi connectivity index (χ1v) is 9.98. The van der Waals surface area contributed by atoms with E-state index >= 15 is 0 Å². The van der Waals surface area contributed by atoms with Crippen LogP contribution in [-0.4, -0.2) is 71.0 Å². The second kappa shape index (κ2) is 5.61. The lowest BCUT2D eigenvalue weighted by Gasteiger charge is -2.41. The molecule has 130 valence electrons. The average molecular weight is 355 g/mol. The van der Waals surface area contributed by atoms with Gasteiger partial charge in [0.05, 0.1) is 0 Å². The van der Waals surface area contributed by atoms with E-state index in [0.29, 0.717) is 18.1 Å². The molecule has 2 fully saturated rings. The first-order valence-electron chi connectivity index (χ1n) is 9.10. The highest BCUT2D eigenvalue weighted by Crippen LogP contribution is 2.39. The molecule has 1 N–H and O–H groups in total. The Morgan fingerprint density at radius 3 is 2.92 bits per heavy atom. The largest absolute Gasteiger partial charge is 0.352 e. The van der Waals surface area contributed by atoms with Crippen LogP contribution >= 0.6 is 11.3 Å². The number of hydrogen-bond donors (Lipinski definition) is 1. The lowest BCUT2D eigenvalue weighted by atomic mass is 10.0. The first kappa shape index (κ1) is 15.5. The number of likely N-dealkylation sites (tertiary alicyclic amines) is 1. The fourth-order valence-corrected chi connectivity index (χ4v) is 5.00. The fraction of sp³-hybridized carbons (Fsp3) is 0.526. The van der Waals surface area contributed by atoms with Crippen molar-refractivity contribution in [3.05, 3.63) is 28.6 Å². The van der Waals surface area contributed by atoms with Crippen LogP contribution in [0.5, 0.6) is 0 Å². The van der Waals surface area contributed by atoms with Crippen molar-refractivity contribution >= 4 is 34.2 Å². The van der Waals surface area contributed by atoms with E-state index in [-0.39, 0.29) is 6.04 Å². The summed E-state index contributed by atoms with van der Waals surface area (Å²) in [6.07, 6.45) is 3.16. The van der Waals surface area contributed by atoms with Crippen LogP contribution in [0.25, 0.3) is 5.57 Å². The van der Waals surface area contributed by atoms with Gasteiger partial charge in [0.25, 0.3) is 6.04 Å². The summed E-state index contributed by atoms with van der Waals surface area (Å²) in [4.78, 5) is 13.7. The third kappa shape index (κ3) is 2.34. The van der Waals surface area contributed by atoms with Gasteiger partial charge < -0.3 is 10.2 Å². The summed E-state index contributed by atoms with van der Waals surface area (Å²) in [5, 5.41) is 5.51. The molecular weight excluding hydrogens is 330 g/mol. The molecule has 0 saturated carbocycles. The van der Waals surface area contributed by atoms with Crippen molar-refractivity contribution in [3.8, 4) is 0 Å². The Morgan fingerprint density at radius 2 is 2.20 bits per heavy atom. The summed E-state index contributed by atoms with van der Waals surface area (Å²) >= 11 is 1.81. The van der Waals surface area contributed by atoms with Gasteiger partial charge in [0.1, 0.15) is 6.04 Å². The van der Waals surface area contributed by atoms with E-state index in [1.807, 2.05) is 18.4 Å². The molecule has 0 bridgehead atoms. The second-order valence-electron chi connectivity index (χ2n) is 7.43. The molecule has 5 rings (SSSR count). The standard InChI is InChI=1S/C19H24N5S/c1-11-12(2)24-15-7-13(16-5-4-6-25-16)8-21-19(17(22-11)18(15)24)23-9-14(10-23)20-3/h4-6,8,11,14-15,18,20H,7,9-10H2,1-3H3/q+1. The summed E-state index contributed by atoms with van der Waals surface area (Å²) in [6, 6.07) is 6.13. The van der Waals surface area contributed by atoms with Gasteiger partial charge in [-0.15, -0.1) is 11.3 Å². The third-order valence-corrected chi connectivity index (χ3v) is 6.93. The molecule has 0 spiro atoms. The highest BCUT2D eigenvalue weighted by molar-refractivity contribution is 7.11. The molecule has 5 nitrogen and oxygen atoms in total. The smallest absolute Gasteiger partial charge is 0.259 e. The third-order valence-electron chi connectivity index (χ3n) is 5.98. The fourth-order valence-electron chi connectivity index (χ4n) is 4.26. The minimum atomic E-state index is 0.256. The van der Waals surface area contributed by atoms with E-state index < -0.39 is 0 Å². The summed E-state index contributed by atoms with van der Waals surface area (Å²) in [6.45, 7) is 6.48. The van der Waals surface area contributed by atoms with E-state index in [1.54, 1.807) is 0 Å². The lowest BCUT2D eigenvalue weighted by molar-refractivity contribution is -0.374. The predicted molar refractivity (Wildman–Crippen MR) is 104 cm³/mol. The molecule has 6 heteroatoms. The van der Waals surface area contributed by atoms with Gasteiger partial charge in [0.2, 0.25) is 6.04 Å². The quantitative estimate of drug-likeness (QED) is 0.651. The van der Waals surface area contributed by atoms with Crippen molar-refractivity contribution in [2.75, 3.05) is 20.1 Å². The second-order valence-corrected chi connectivity index (χ2v) is 8.38. The predicted octanol–water partition coefficient (Wildman–Crippen LogP) is 1.86. The molecule has 3 atom stereocenters. The van der Waals surface area contributed by atoms with Crippen LogP contribution in [0, 0.1) is 0 Å². The topological polar surface area (TPSA) is 43.0 Å². The molecular formula is C19H24N5S+. The van der Waals surface area contributed by atoms with E-state index in [9.17, 15) is 0 Å². The summed E-state index contributed by atoms with van der Waals surface area (Å²) in [5.41, 5.74) is 3.97. The maximum Gasteiger partial charge on any atom is 0.259 e. The molecule has 4 aliphatic heterocycles. The monoisotopic (exact) mass is 354 g/mol. The molecule has 4 aliphatic rings. The van der Waals surface area contributed by atoms with Crippen LogP contribution in [0.4, 0.5) is 0 Å². The average Bonchev–Trinajstić information content (AvgIpc) is 3.00. The van der Waals surface area contributed by atoms with Crippen molar-refractivity contribution in [1.82, 2.24) is 10.2 Å². The van der Waals surface area contributed by atoms with Gasteiger partial charge in [-0.3, -0.25) is 4.99 Å². The highest BCUT2D eigenvalue weighted by atomic mass is 32.1.